The minimum absolute atomic E-state index is 0.153. The normalized spacial score (nSPS) is 16.5. The number of carboxylic acid groups (broad SMARTS) is 1. The van der Waals surface area contributed by atoms with Crippen LogP contribution in [0.4, 0.5) is 0 Å². The van der Waals surface area contributed by atoms with E-state index in [0.29, 0.717) is 5.39 Å². The number of fused-ring (bicyclic) bond motifs is 1. The summed E-state index contributed by atoms with van der Waals surface area (Å²) in [6, 6.07) is 2.63. The van der Waals surface area contributed by atoms with Gasteiger partial charge in [0.1, 0.15) is 5.65 Å². The van der Waals surface area contributed by atoms with Crippen LogP contribution in [-0.4, -0.2) is 28.1 Å². The molecule has 5 heteroatoms. The molecule has 0 radical (unpaired) electrons. The second-order valence-electron chi connectivity index (χ2n) is 2.90. The summed E-state index contributed by atoms with van der Waals surface area (Å²) in [6.07, 6.45) is 0. The van der Waals surface area contributed by atoms with E-state index in [1.54, 1.807) is 0 Å². The number of nitrogens with one attached hydrogen (secondary N) is 1. The summed E-state index contributed by atoms with van der Waals surface area (Å²) in [5, 5.41) is 9.39. The van der Waals surface area contributed by atoms with Gasteiger partial charge in [0, 0.05) is 13.8 Å². The topological polar surface area (TPSA) is 75.2 Å². The van der Waals surface area contributed by atoms with Gasteiger partial charge in [0.25, 0.3) is 0 Å². The molecule has 0 aliphatic rings. The van der Waals surface area contributed by atoms with Crippen molar-refractivity contribution < 1.29 is 21.5 Å². The lowest BCUT2D eigenvalue weighted by Gasteiger charge is -2.03. The summed E-state index contributed by atoms with van der Waals surface area (Å²) in [6.45, 7) is -1.29. The zero-order valence-electron chi connectivity index (χ0n) is 12.4. The Morgan fingerprint density at radius 3 is 3.20 bits per heavy atom. The number of aromatic carboxylic acids is 1. The minimum atomic E-state index is -2.80. The van der Waals surface area contributed by atoms with E-state index in [1.165, 1.54) is 12.1 Å². The van der Waals surface area contributed by atoms with E-state index in [4.69, 9.17) is 12.0 Å². The first-order valence-electron chi connectivity index (χ1n) is 6.63. The molecule has 0 aliphatic heterocycles. The first kappa shape index (κ1) is 5.16. The lowest BCUT2D eigenvalue weighted by atomic mass is 10.2. The van der Waals surface area contributed by atoms with E-state index in [1.807, 2.05) is 0 Å². The number of aromatic nitrogens is 2. The van der Waals surface area contributed by atoms with Gasteiger partial charge in [-0.3, -0.25) is 0 Å². The first-order chi connectivity index (χ1) is 9.17. The number of aryl methyl sites for hydroxylation is 1. The maximum absolute atomic E-state index is 11.1. The van der Waals surface area contributed by atoms with E-state index in [9.17, 15) is 4.79 Å². The number of ether oxygens (including phenoxy) is 1. The van der Waals surface area contributed by atoms with Gasteiger partial charge in [-0.2, -0.15) is 0 Å². The predicted octanol–water partition coefficient (Wildman–Crippen LogP) is 1.58. The van der Waals surface area contributed by atoms with Crippen molar-refractivity contribution >= 4 is 17.0 Å². The Hall–Kier alpha value is -2.04. The van der Waals surface area contributed by atoms with Crippen molar-refractivity contribution in [1.29, 1.82) is 0 Å². The molecule has 0 unspecified atom stereocenters. The molecule has 0 saturated carbocycles. The number of H-pyrrole nitrogens is 1. The van der Waals surface area contributed by atoms with Crippen LogP contribution in [0.1, 0.15) is 23.0 Å². The molecule has 2 aromatic heterocycles. The van der Waals surface area contributed by atoms with E-state index < -0.39 is 25.6 Å². The highest BCUT2D eigenvalue weighted by atomic mass is 16.5. The van der Waals surface area contributed by atoms with Crippen molar-refractivity contribution in [2.45, 2.75) is 6.88 Å². The molecule has 0 bridgehead atoms. The third kappa shape index (κ3) is 1.52. The molecule has 2 heterocycles. The predicted molar refractivity (Wildman–Crippen MR) is 54.3 cm³/mol. The Balaban J connectivity index is 2.59. The third-order valence-electron chi connectivity index (χ3n) is 1.90. The molecular weight excluding hydrogens is 196 g/mol. The number of nitrogens with zero attached hydrogens (tertiary/aromatic N) is 1. The lowest BCUT2D eigenvalue weighted by molar-refractivity contribution is 0.0687. The van der Waals surface area contributed by atoms with Crippen molar-refractivity contribution in [3.63, 3.8) is 0 Å². The Morgan fingerprint density at radius 1 is 1.67 bits per heavy atom. The molecular formula is C10H10N2O3. The number of aromatic amines is 1. The van der Waals surface area contributed by atoms with Crippen LogP contribution in [0.2, 0.25) is 0 Å². The third-order valence-corrected chi connectivity index (χ3v) is 1.90. The van der Waals surface area contributed by atoms with Crippen LogP contribution in [0.25, 0.3) is 11.0 Å². The Labute approximate surface area is 92.7 Å². The van der Waals surface area contributed by atoms with Gasteiger partial charge in [0.2, 0.25) is 0 Å². The molecule has 5 nitrogen and oxygen atoms in total. The smallest absolute Gasteiger partial charge is 0.358 e. The number of pyridine rings is 1. The zero-order valence-corrected chi connectivity index (χ0v) is 7.44. The van der Waals surface area contributed by atoms with Crippen LogP contribution in [0.3, 0.4) is 0 Å². The molecule has 0 fully saturated rings. The fraction of sp³-hybridized carbons (Fsp3) is 0.200. The van der Waals surface area contributed by atoms with Crippen molar-refractivity contribution in [2.75, 3.05) is 7.04 Å². The molecule has 0 spiro atoms. The van der Waals surface area contributed by atoms with E-state index in [-0.39, 0.29) is 17.1 Å². The Bertz CT molecular complexity index is 665. The Morgan fingerprint density at radius 2 is 2.53 bits per heavy atom. The van der Waals surface area contributed by atoms with E-state index in [2.05, 4.69) is 14.7 Å². The maximum atomic E-state index is 11.1. The van der Waals surface area contributed by atoms with Crippen LogP contribution >= 0.6 is 0 Å². The van der Waals surface area contributed by atoms with Gasteiger partial charge in [-0.05, 0) is 19.0 Å². The molecule has 2 aromatic rings. The number of carbonyl (C=O) groups is 1. The zero-order chi connectivity index (χ0) is 15.1. The van der Waals surface area contributed by atoms with Crippen LogP contribution in [0.15, 0.2) is 12.1 Å². The molecule has 0 amide bonds. The maximum Gasteiger partial charge on any atom is 0.358 e. The average molecular weight is 211 g/mol. The average Bonchev–Trinajstić information content (AvgIpc) is 2.68. The molecule has 15 heavy (non-hydrogen) atoms. The molecule has 0 saturated heterocycles. The van der Waals surface area contributed by atoms with Gasteiger partial charge in [0.05, 0.1) is 11.2 Å². The van der Waals surface area contributed by atoms with E-state index >= 15 is 0 Å². The summed E-state index contributed by atoms with van der Waals surface area (Å²) in [5.41, 5.74) is -0.178. The second-order valence-corrected chi connectivity index (χ2v) is 2.90. The van der Waals surface area contributed by atoms with Crippen molar-refractivity contribution in [3.05, 3.63) is 23.5 Å². The Kier molecular flexibility index (Phi) is 1.12. The summed E-state index contributed by atoms with van der Waals surface area (Å²) >= 11 is 0. The highest BCUT2D eigenvalue weighted by molar-refractivity contribution is 5.92. The monoisotopic (exact) mass is 211 g/mol. The van der Waals surface area contributed by atoms with Gasteiger partial charge in [0.15, 0.2) is 11.4 Å². The number of rotatable bonds is 2. The SMILES string of the molecule is [2H]C([2H])c1cc2cc(OC([2H])([2H])[2H])c(C(=O)O)nc2[nH]1. The summed E-state index contributed by atoms with van der Waals surface area (Å²) in [4.78, 5) is 17.5. The molecule has 0 aliphatic carbocycles. The number of carboxylic acids is 1. The van der Waals surface area contributed by atoms with Gasteiger partial charge >= 0.3 is 5.97 Å². The molecule has 0 aromatic carbocycles. The van der Waals surface area contributed by atoms with Crippen molar-refractivity contribution in [2.24, 2.45) is 0 Å². The van der Waals surface area contributed by atoms with Crippen LogP contribution in [0.5, 0.6) is 5.75 Å². The fourth-order valence-electron chi connectivity index (χ4n) is 1.29. The van der Waals surface area contributed by atoms with Crippen LogP contribution < -0.4 is 4.74 Å². The van der Waals surface area contributed by atoms with Crippen LogP contribution in [-0.2, 0) is 0 Å². The van der Waals surface area contributed by atoms with Gasteiger partial charge in [-0.15, -0.1) is 0 Å². The summed E-state index contributed by atoms with van der Waals surface area (Å²) in [7, 11) is -2.80. The highest BCUT2D eigenvalue weighted by Crippen LogP contribution is 2.23. The van der Waals surface area contributed by atoms with Gasteiger partial charge in [-0.1, -0.05) is 0 Å². The van der Waals surface area contributed by atoms with Crippen molar-refractivity contribution in [3.8, 4) is 5.75 Å². The summed E-state index contributed by atoms with van der Waals surface area (Å²) < 4.78 is 40.2. The lowest BCUT2D eigenvalue weighted by Crippen LogP contribution is -2.03. The quantitative estimate of drug-likeness (QED) is 0.790. The molecule has 2 rings (SSSR count). The standard InChI is InChI=1S/C10H10N2O3/c1-5-3-6-4-7(15-2)8(10(13)14)12-9(6)11-5/h3-4H,1-2H3,(H,11,12)(H,13,14)/i1D2,2D3. The minimum Gasteiger partial charge on any atom is -0.494 e. The molecule has 0 atom stereocenters. The molecule has 2 N–H and O–H groups in total. The number of hydrogen-bond acceptors (Lipinski definition) is 3. The number of hydrogen-bond donors (Lipinski definition) is 2. The summed E-state index contributed by atoms with van der Waals surface area (Å²) in [5.74, 6) is -1.82. The van der Waals surface area contributed by atoms with Gasteiger partial charge < -0.3 is 14.8 Å². The van der Waals surface area contributed by atoms with E-state index in [0.717, 1.165) is 0 Å². The van der Waals surface area contributed by atoms with Gasteiger partial charge in [-0.25, -0.2) is 9.78 Å². The number of methoxy groups -OCH3 is 1. The fourth-order valence-corrected chi connectivity index (χ4v) is 1.29. The second kappa shape index (κ2) is 3.27. The molecule has 78 valence electrons. The first-order valence-corrected chi connectivity index (χ1v) is 3.98. The van der Waals surface area contributed by atoms with Crippen molar-refractivity contribution in [1.82, 2.24) is 9.97 Å². The largest absolute Gasteiger partial charge is 0.494 e. The highest BCUT2D eigenvalue weighted by Gasteiger charge is 2.14. The van der Waals surface area contributed by atoms with Crippen LogP contribution in [0, 0.1) is 6.88 Å².